The van der Waals surface area contributed by atoms with Crippen molar-refractivity contribution < 1.29 is 14.6 Å². The molecule has 0 aromatic rings. The van der Waals surface area contributed by atoms with Crippen molar-refractivity contribution in [2.75, 3.05) is 13.2 Å². The molecule has 0 amide bonds. The number of aliphatic hydroxyl groups is 1. The van der Waals surface area contributed by atoms with Gasteiger partial charge in [-0.3, -0.25) is 0 Å². The summed E-state index contributed by atoms with van der Waals surface area (Å²) in [5, 5.41) is 8.64. The normalized spacial score (nSPS) is 22.6. The average Bonchev–Trinajstić information content (AvgIpc) is 2.48. The van der Waals surface area contributed by atoms with E-state index in [1.165, 1.54) is 0 Å². The van der Waals surface area contributed by atoms with E-state index in [0.717, 1.165) is 0 Å². The van der Waals surface area contributed by atoms with Crippen LogP contribution in [-0.4, -0.2) is 24.6 Å². The maximum absolute atomic E-state index is 8.64. The first-order chi connectivity index (χ1) is 5.36. The maximum Gasteiger partial charge on any atom is 0.203 e. The molecule has 0 aromatic heterocycles. The minimum absolute atomic E-state index is 0.0477. The lowest BCUT2D eigenvalue weighted by Crippen LogP contribution is -2.11. The van der Waals surface area contributed by atoms with Crippen LogP contribution in [0.25, 0.3) is 0 Å². The van der Waals surface area contributed by atoms with Gasteiger partial charge in [-0.05, 0) is 6.08 Å². The molecule has 1 N–H and O–H groups in total. The summed E-state index contributed by atoms with van der Waals surface area (Å²) < 4.78 is 10.3. The Morgan fingerprint density at radius 1 is 1.91 bits per heavy atom. The van der Waals surface area contributed by atoms with Gasteiger partial charge in [-0.15, -0.1) is 6.58 Å². The highest BCUT2D eigenvalue weighted by Gasteiger charge is 2.16. The number of aliphatic hydroxyl groups excluding tert-OH is 1. The van der Waals surface area contributed by atoms with Crippen LogP contribution in [0.4, 0.5) is 0 Å². The molecule has 3 nitrogen and oxygen atoms in total. The molecule has 0 aliphatic carbocycles. The number of ether oxygens (including phenoxy) is 2. The quantitative estimate of drug-likeness (QED) is 0.612. The molecule has 0 bridgehead atoms. The van der Waals surface area contributed by atoms with Gasteiger partial charge >= 0.3 is 0 Å². The predicted molar refractivity (Wildman–Crippen MR) is 40.8 cm³/mol. The second kappa shape index (κ2) is 4.16. The fourth-order valence-electron chi connectivity index (χ4n) is 0.872. The molecule has 0 radical (unpaired) electrons. The summed E-state index contributed by atoms with van der Waals surface area (Å²) in [5.41, 5.74) is 0. The summed E-state index contributed by atoms with van der Waals surface area (Å²) >= 11 is 0. The van der Waals surface area contributed by atoms with Crippen molar-refractivity contribution in [1.82, 2.24) is 0 Å². The third-order valence-corrected chi connectivity index (χ3v) is 1.38. The third kappa shape index (κ3) is 2.37. The van der Waals surface area contributed by atoms with Crippen LogP contribution < -0.4 is 0 Å². The maximum atomic E-state index is 8.64. The smallest absolute Gasteiger partial charge is 0.203 e. The lowest BCUT2D eigenvalue weighted by molar-refractivity contribution is -0.0951. The summed E-state index contributed by atoms with van der Waals surface area (Å²) in [6.07, 6.45) is 3.98. The molecule has 0 spiro atoms. The van der Waals surface area contributed by atoms with Gasteiger partial charge in [-0.2, -0.15) is 0 Å². The number of rotatable bonds is 4. The SMILES string of the molecule is C=CCO[C@H]1CC=C(CO)O1. The standard InChI is InChI=1S/C8H12O3/c1-2-5-10-8-4-3-7(6-9)11-8/h2-3,8-9H,1,4-6H2/t8-/m1/s1. The lowest BCUT2D eigenvalue weighted by atomic mass is 10.4. The Morgan fingerprint density at radius 2 is 2.73 bits per heavy atom. The van der Waals surface area contributed by atoms with Gasteiger partial charge < -0.3 is 14.6 Å². The molecule has 0 saturated carbocycles. The van der Waals surface area contributed by atoms with E-state index in [0.29, 0.717) is 18.8 Å². The first-order valence-corrected chi connectivity index (χ1v) is 3.56. The van der Waals surface area contributed by atoms with E-state index in [2.05, 4.69) is 6.58 Å². The molecule has 0 unspecified atom stereocenters. The summed E-state index contributed by atoms with van der Waals surface area (Å²) in [7, 11) is 0. The van der Waals surface area contributed by atoms with Crippen LogP contribution in [0, 0.1) is 0 Å². The Balaban J connectivity index is 2.19. The van der Waals surface area contributed by atoms with Crippen LogP contribution in [0.15, 0.2) is 24.5 Å². The van der Waals surface area contributed by atoms with Gasteiger partial charge in [0, 0.05) is 6.42 Å². The van der Waals surface area contributed by atoms with Gasteiger partial charge in [0.05, 0.1) is 6.61 Å². The van der Waals surface area contributed by atoms with Crippen LogP contribution in [0.5, 0.6) is 0 Å². The topological polar surface area (TPSA) is 38.7 Å². The van der Waals surface area contributed by atoms with Crippen LogP contribution >= 0.6 is 0 Å². The highest BCUT2D eigenvalue weighted by Crippen LogP contribution is 2.16. The van der Waals surface area contributed by atoms with E-state index < -0.39 is 0 Å². The minimum atomic E-state index is -0.227. The molecule has 0 saturated heterocycles. The Kier molecular flexibility index (Phi) is 3.14. The lowest BCUT2D eigenvalue weighted by Gasteiger charge is -2.11. The molecule has 1 heterocycles. The van der Waals surface area contributed by atoms with E-state index in [9.17, 15) is 0 Å². The van der Waals surface area contributed by atoms with Gasteiger partial charge in [-0.1, -0.05) is 6.08 Å². The molecule has 62 valence electrons. The monoisotopic (exact) mass is 156 g/mol. The molecule has 1 aliphatic heterocycles. The van der Waals surface area contributed by atoms with Crippen molar-refractivity contribution >= 4 is 0 Å². The van der Waals surface area contributed by atoms with Crippen LogP contribution in [-0.2, 0) is 9.47 Å². The predicted octanol–water partition coefficient (Wildman–Crippen LogP) is 0.812. The fraction of sp³-hybridized carbons (Fsp3) is 0.500. The van der Waals surface area contributed by atoms with Gasteiger partial charge in [-0.25, -0.2) is 0 Å². The van der Waals surface area contributed by atoms with Crippen molar-refractivity contribution in [3.63, 3.8) is 0 Å². The zero-order chi connectivity index (χ0) is 8.10. The average molecular weight is 156 g/mol. The molecular weight excluding hydrogens is 144 g/mol. The second-order valence-corrected chi connectivity index (χ2v) is 2.23. The first kappa shape index (κ1) is 8.30. The number of hydrogen-bond donors (Lipinski definition) is 1. The van der Waals surface area contributed by atoms with E-state index in [1.54, 1.807) is 6.08 Å². The van der Waals surface area contributed by atoms with Gasteiger partial charge in [0.25, 0.3) is 0 Å². The highest BCUT2D eigenvalue weighted by molar-refractivity contribution is 4.99. The first-order valence-electron chi connectivity index (χ1n) is 3.56. The fourth-order valence-corrected chi connectivity index (χ4v) is 0.872. The van der Waals surface area contributed by atoms with E-state index in [4.69, 9.17) is 14.6 Å². The molecule has 1 rings (SSSR count). The Labute approximate surface area is 65.9 Å². The van der Waals surface area contributed by atoms with Crippen molar-refractivity contribution in [1.29, 1.82) is 0 Å². The van der Waals surface area contributed by atoms with Crippen molar-refractivity contribution in [2.45, 2.75) is 12.7 Å². The molecule has 11 heavy (non-hydrogen) atoms. The van der Waals surface area contributed by atoms with E-state index in [1.807, 2.05) is 6.08 Å². The van der Waals surface area contributed by atoms with E-state index >= 15 is 0 Å². The van der Waals surface area contributed by atoms with E-state index in [-0.39, 0.29) is 12.9 Å². The van der Waals surface area contributed by atoms with Crippen LogP contribution in [0.2, 0.25) is 0 Å². The Hall–Kier alpha value is -0.800. The summed E-state index contributed by atoms with van der Waals surface area (Å²) in [6, 6.07) is 0. The van der Waals surface area contributed by atoms with Crippen LogP contribution in [0.1, 0.15) is 6.42 Å². The van der Waals surface area contributed by atoms with Crippen molar-refractivity contribution in [3.05, 3.63) is 24.5 Å². The van der Waals surface area contributed by atoms with Crippen LogP contribution in [0.3, 0.4) is 0 Å². The third-order valence-electron chi connectivity index (χ3n) is 1.38. The second-order valence-electron chi connectivity index (χ2n) is 2.23. The molecule has 3 heteroatoms. The summed E-state index contributed by atoms with van der Waals surface area (Å²) in [5.74, 6) is 0.596. The molecule has 1 atom stereocenters. The highest BCUT2D eigenvalue weighted by atomic mass is 16.7. The Morgan fingerprint density at radius 3 is 3.27 bits per heavy atom. The molecule has 1 aliphatic rings. The van der Waals surface area contributed by atoms with Crippen molar-refractivity contribution in [2.24, 2.45) is 0 Å². The van der Waals surface area contributed by atoms with Gasteiger partial charge in [0.1, 0.15) is 12.4 Å². The zero-order valence-corrected chi connectivity index (χ0v) is 6.32. The molecule has 0 aromatic carbocycles. The van der Waals surface area contributed by atoms with Gasteiger partial charge in [0.2, 0.25) is 6.29 Å². The Bertz CT molecular complexity index is 163. The summed E-state index contributed by atoms with van der Waals surface area (Å²) in [4.78, 5) is 0. The largest absolute Gasteiger partial charge is 0.467 e. The summed E-state index contributed by atoms with van der Waals surface area (Å²) in [6.45, 7) is 3.95. The van der Waals surface area contributed by atoms with Crippen molar-refractivity contribution in [3.8, 4) is 0 Å². The zero-order valence-electron chi connectivity index (χ0n) is 6.32. The van der Waals surface area contributed by atoms with Gasteiger partial charge in [0.15, 0.2) is 0 Å². The molecular formula is C8H12O3. The number of hydrogen-bond acceptors (Lipinski definition) is 3. The molecule has 0 fully saturated rings. The minimum Gasteiger partial charge on any atom is -0.467 e.